The zero-order valence-electron chi connectivity index (χ0n) is 10.4. The number of hydrogen-bond acceptors (Lipinski definition) is 2. The number of halogens is 1. The van der Waals surface area contributed by atoms with Gasteiger partial charge in [0, 0.05) is 9.75 Å². The van der Waals surface area contributed by atoms with Gasteiger partial charge in [-0.05, 0) is 36.2 Å². The highest BCUT2D eigenvalue weighted by molar-refractivity contribution is 7.12. The van der Waals surface area contributed by atoms with E-state index in [2.05, 4.69) is 29.0 Å². The molecule has 1 unspecified atom stereocenters. The number of hydrogen-bond donors (Lipinski definition) is 2. The molecule has 2 heterocycles. The average molecular weight is 293 g/mol. The van der Waals surface area contributed by atoms with E-state index in [1.54, 1.807) is 11.3 Å². The minimum atomic E-state index is -0.192. The molecule has 3 rings (SSSR count). The van der Waals surface area contributed by atoms with Gasteiger partial charge in [-0.2, -0.15) is 0 Å². The second-order valence-corrected chi connectivity index (χ2v) is 6.04. The molecule has 0 saturated heterocycles. The van der Waals surface area contributed by atoms with E-state index in [0.717, 1.165) is 27.9 Å². The maximum Gasteiger partial charge on any atom is 0.323 e. The third-order valence-corrected chi connectivity index (χ3v) is 5.02. The van der Waals surface area contributed by atoms with Crippen LogP contribution in [0.2, 0.25) is 0 Å². The van der Waals surface area contributed by atoms with Crippen molar-refractivity contribution in [3.8, 4) is 0 Å². The maximum atomic E-state index is 11.2. The summed E-state index contributed by atoms with van der Waals surface area (Å²) in [6.07, 6.45) is 1.03. The van der Waals surface area contributed by atoms with Crippen LogP contribution in [0.4, 0.5) is 0 Å². The second kappa shape index (κ2) is 4.87. The van der Waals surface area contributed by atoms with Gasteiger partial charge in [-0.15, -0.1) is 22.9 Å². The molecule has 2 N–H and O–H groups in total. The molecule has 0 bridgehead atoms. The minimum Gasteiger partial charge on any atom is -0.306 e. The molecule has 0 spiro atoms. The molecule has 0 saturated carbocycles. The molecule has 1 aromatic carbocycles. The van der Waals surface area contributed by atoms with Gasteiger partial charge in [-0.25, -0.2) is 4.79 Å². The van der Waals surface area contributed by atoms with Crippen LogP contribution in [0, 0.1) is 0 Å². The Morgan fingerprint density at radius 3 is 2.74 bits per heavy atom. The summed E-state index contributed by atoms with van der Waals surface area (Å²) in [5, 5.41) is -0.173. The largest absolute Gasteiger partial charge is 0.323 e. The zero-order valence-corrected chi connectivity index (χ0v) is 11.9. The molecule has 0 amide bonds. The first-order valence-electron chi connectivity index (χ1n) is 6.12. The van der Waals surface area contributed by atoms with Gasteiger partial charge in [0.1, 0.15) is 0 Å². The Hall–Kier alpha value is -1.52. The molecule has 3 nitrogen and oxygen atoms in total. The summed E-state index contributed by atoms with van der Waals surface area (Å²) >= 11 is 8.25. The van der Waals surface area contributed by atoms with Crippen molar-refractivity contribution in [1.29, 1.82) is 0 Å². The van der Waals surface area contributed by atoms with Crippen LogP contribution in [0.1, 0.15) is 27.6 Å². The fraction of sp³-hybridized carbons (Fsp3) is 0.214. The normalized spacial score (nSPS) is 12.9. The summed E-state index contributed by atoms with van der Waals surface area (Å²) in [6, 6.07) is 9.95. The van der Waals surface area contributed by atoms with Gasteiger partial charge in [-0.1, -0.05) is 13.0 Å². The van der Waals surface area contributed by atoms with Crippen LogP contribution < -0.4 is 5.69 Å². The monoisotopic (exact) mass is 292 g/mol. The van der Waals surface area contributed by atoms with Crippen LogP contribution in [-0.4, -0.2) is 9.97 Å². The number of rotatable bonds is 3. The predicted molar refractivity (Wildman–Crippen MR) is 80.3 cm³/mol. The highest BCUT2D eigenvalue weighted by Crippen LogP contribution is 2.34. The molecule has 19 heavy (non-hydrogen) atoms. The Morgan fingerprint density at radius 1 is 1.21 bits per heavy atom. The summed E-state index contributed by atoms with van der Waals surface area (Å²) in [6.45, 7) is 2.13. The molecular weight excluding hydrogens is 280 g/mol. The number of aryl methyl sites for hydroxylation is 1. The van der Waals surface area contributed by atoms with Crippen LogP contribution >= 0.6 is 22.9 Å². The highest BCUT2D eigenvalue weighted by atomic mass is 35.5. The Balaban J connectivity index is 2.00. The van der Waals surface area contributed by atoms with Crippen molar-refractivity contribution in [2.24, 2.45) is 0 Å². The summed E-state index contributed by atoms with van der Waals surface area (Å²) in [4.78, 5) is 19.2. The average Bonchev–Trinajstić information content (AvgIpc) is 3.01. The third kappa shape index (κ3) is 2.33. The number of aromatic nitrogens is 2. The molecule has 0 aliphatic heterocycles. The first-order valence-corrected chi connectivity index (χ1v) is 7.37. The summed E-state index contributed by atoms with van der Waals surface area (Å²) in [7, 11) is 0. The van der Waals surface area contributed by atoms with E-state index < -0.39 is 0 Å². The van der Waals surface area contributed by atoms with Crippen LogP contribution in [0.5, 0.6) is 0 Å². The Bertz CT molecular complexity index is 771. The van der Waals surface area contributed by atoms with E-state index in [9.17, 15) is 4.79 Å². The van der Waals surface area contributed by atoms with Crippen molar-refractivity contribution in [3.05, 3.63) is 56.1 Å². The quantitative estimate of drug-likeness (QED) is 0.709. The number of aromatic amines is 2. The summed E-state index contributed by atoms with van der Waals surface area (Å²) < 4.78 is 0. The van der Waals surface area contributed by atoms with Gasteiger partial charge in [0.05, 0.1) is 16.4 Å². The van der Waals surface area contributed by atoms with E-state index in [1.807, 2.05) is 18.2 Å². The Kier molecular flexibility index (Phi) is 3.21. The van der Waals surface area contributed by atoms with Gasteiger partial charge in [0.15, 0.2) is 0 Å². The van der Waals surface area contributed by atoms with Gasteiger partial charge < -0.3 is 9.97 Å². The Labute approximate surface area is 119 Å². The summed E-state index contributed by atoms with van der Waals surface area (Å²) in [5.41, 5.74) is 2.40. The predicted octanol–water partition coefficient (Wildman–Crippen LogP) is 3.81. The fourth-order valence-corrected chi connectivity index (χ4v) is 3.39. The van der Waals surface area contributed by atoms with E-state index in [-0.39, 0.29) is 11.1 Å². The third-order valence-electron chi connectivity index (χ3n) is 3.11. The number of alkyl halides is 1. The molecule has 1 atom stereocenters. The highest BCUT2D eigenvalue weighted by Gasteiger charge is 2.14. The number of nitrogens with one attached hydrogen (secondary N) is 2. The lowest BCUT2D eigenvalue weighted by atomic mass is 10.1. The number of benzene rings is 1. The smallest absolute Gasteiger partial charge is 0.306 e. The fourth-order valence-electron chi connectivity index (χ4n) is 2.09. The lowest BCUT2D eigenvalue weighted by Crippen LogP contribution is -1.99. The molecule has 98 valence electrons. The van der Waals surface area contributed by atoms with E-state index in [0.29, 0.717) is 0 Å². The van der Waals surface area contributed by atoms with Gasteiger partial charge in [-0.3, -0.25) is 0 Å². The maximum absolute atomic E-state index is 11.2. The van der Waals surface area contributed by atoms with Crippen LogP contribution in [0.15, 0.2) is 35.1 Å². The number of fused-ring (bicyclic) bond motifs is 1. The molecule has 2 aromatic heterocycles. The topological polar surface area (TPSA) is 48.6 Å². The molecule has 3 aromatic rings. The molecule has 5 heteroatoms. The Morgan fingerprint density at radius 2 is 2.00 bits per heavy atom. The van der Waals surface area contributed by atoms with Gasteiger partial charge in [0.25, 0.3) is 0 Å². The van der Waals surface area contributed by atoms with Crippen LogP contribution in [0.3, 0.4) is 0 Å². The standard InChI is InChI=1S/C14H13ClN2OS/c1-2-9-4-6-12(19-9)13(15)8-3-5-10-11(7-8)17-14(18)16-10/h3-7,13H,2H2,1H3,(H2,16,17,18). The molecular formula is C14H13ClN2OS. The van der Waals surface area contributed by atoms with Crippen LogP contribution in [0.25, 0.3) is 11.0 Å². The van der Waals surface area contributed by atoms with Crippen molar-refractivity contribution in [2.45, 2.75) is 18.7 Å². The van der Waals surface area contributed by atoms with Gasteiger partial charge >= 0.3 is 5.69 Å². The van der Waals surface area contributed by atoms with Crippen molar-refractivity contribution >= 4 is 34.0 Å². The van der Waals surface area contributed by atoms with Crippen molar-refractivity contribution < 1.29 is 0 Å². The molecule has 0 fully saturated rings. The lowest BCUT2D eigenvalue weighted by molar-refractivity contribution is 1.18. The van der Waals surface area contributed by atoms with Crippen LogP contribution in [-0.2, 0) is 6.42 Å². The van der Waals surface area contributed by atoms with E-state index in [4.69, 9.17) is 11.6 Å². The minimum absolute atomic E-state index is 0.173. The number of thiophene rings is 1. The van der Waals surface area contributed by atoms with Crippen molar-refractivity contribution in [3.63, 3.8) is 0 Å². The number of imidazole rings is 1. The molecule has 0 aliphatic rings. The lowest BCUT2D eigenvalue weighted by Gasteiger charge is -2.07. The van der Waals surface area contributed by atoms with Crippen molar-refractivity contribution in [1.82, 2.24) is 9.97 Å². The second-order valence-electron chi connectivity index (χ2n) is 4.40. The van der Waals surface area contributed by atoms with E-state index in [1.165, 1.54) is 4.88 Å². The SMILES string of the molecule is CCc1ccc(C(Cl)c2ccc3[nH]c(=O)[nH]c3c2)s1. The summed E-state index contributed by atoms with van der Waals surface area (Å²) in [5.74, 6) is 0. The van der Waals surface area contributed by atoms with E-state index >= 15 is 0 Å². The number of H-pyrrole nitrogens is 2. The van der Waals surface area contributed by atoms with Gasteiger partial charge in [0.2, 0.25) is 0 Å². The van der Waals surface area contributed by atoms with Crippen molar-refractivity contribution in [2.75, 3.05) is 0 Å². The molecule has 0 aliphatic carbocycles. The first kappa shape index (κ1) is 12.5. The molecule has 0 radical (unpaired) electrons. The zero-order chi connectivity index (χ0) is 13.4. The first-order chi connectivity index (χ1) is 9.17.